The zero-order chi connectivity index (χ0) is 19.9. The number of alkyl halides is 3. The predicted molar refractivity (Wildman–Crippen MR) is 103 cm³/mol. The normalized spacial score (nSPS) is 11.7. The number of non-ortho nitro benzene ring substituents is 1. The third kappa shape index (κ3) is 7.42. The van der Waals surface area contributed by atoms with Crippen molar-refractivity contribution < 1.29 is 19.2 Å². The minimum atomic E-state index is -1.77. The van der Waals surface area contributed by atoms with Crippen molar-refractivity contribution in [3.63, 3.8) is 0 Å². The van der Waals surface area contributed by atoms with Crippen LogP contribution in [0.1, 0.15) is 11.1 Å². The lowest BCUT2D eigenvalue weighted by Crippen LogP contribution is -2.17. The van der Waals surface area contributed by atoms with Gasteiger partial charge in [0.1, 0.15) is 13.2 Å². The number of rotatable bonds is 5. The fourth-order valence-electron chi connectivity index (χ4n) is 1.89. The number of aliphatic imine (C=N–C) groups is 1. The molecule has 0 spiro atoms. The van der Waals surface area contributed by atoms with Crippen LogP contribution in [0, 0.1) is 10.1 Å². The van der Waals surface area contributed by atoms with Crippen molar-refractivity contribution in [2.75, 3.05) is 6.61 Å². The van der Waals surface area contributed by atoms with Crippen LogP contribution >= 0.6 is 34.8 Å². The Morgan fingerprint density at radius 1 is 1.04 bits per heavy atom. The molecule has 2 rings (SSSR count). The molecule has 10 heteroatoms. The van der Waals surface area contributed by atoms with E-state index in [1.165, 1.54) is 24.3 Å². The number of halogens is 3. The Morgan fingerprint density at radius 2 is 1.67 bits per heavy atom. The van der Waals surface area contributed by atoms with Gasteiger partial charge in [0, 0.05) is 17.7 Å². The molecule has 0 N–H and O–H groups in total. The van der Waals surface area contributed by atoms with Gasteiger partial charge < -0.3 is 9.47 Å². The van der Waals surface area contributed by atoms with Crippen LogP contribution in [0.3, 0.4) is 0 Å². The van der Waals surface area contributed by atoms with E-state index >= 15 is 0 Å². The zero-order valence-electron chi connectivity index (χ0n) is 13.7. The van der Waals surface area contributed by atoms with Crippen LogP contribution in [0.15, 0.2) is 59.6 Å². The highest BCUT2D eigenvalue weighted by Crippen LogP contribution is 2.26. The molecule has 0 fully saturated rings. The summed E-state index contributed by atoms with van der Waals surface area (Å²) in [4.78, 5) is 25.9. The number of nitro benzene ring substituents is 1. The highest BCUT2D eigenvalue weighted by molar-refractivity contribution is 6.67. The molecule has 0 radical (unpaired) electrons. The highest BCUT2D eigenvalue weighted by Gasteiger charge is 2.22. The second kappa shape index (κ2) is 9.55. The summed E-state index contributed by atoms with van der Waals surface area (Å²) in [6, 6.07) is 14.5. The van der Waals surface area contributed by atoms with Crippen molar-refractivity contribution in [3.8, 4) is 0 Å². The highest BCUT2D eigenvalue weighted by atomic mass is 35.6. The lowest BCUT2D eigenvalue weighted by atomic mass is 10.2. The Balaban J connectivity index is 2.20. The van der Waals surface area contributed by atoms with Crippen LogP contribution < -0.4 is 0 Å². The molecule has 1 amide bonds. The number of nitrogens with zero attached hydrogens (tertiary/aromatic N) is 2. The number of ether oxygens (including phenoxy) is 2. The Kier molecular flexibility index (Phi) is 7.41. The molecule has 0 aromatic heterocycles. The first-order valence-electron chi connectivity index (χ1n) is 7.48. The Morgan fingerprint density at radius 3 is 2.22 bits per heavy atom. The largest absolute Gasteiger partial charge is 0.472 e. The number of hydrogen-bond donors (Lipinski definition) is 0. The first kappa shape index (κ1) is 21.0. The van der Waals surface area contributed by atoms with E-state index in [9.17, 15) is 14.9 Å². The number of nitro groups is 1. The van der Waals surface area contributed by atoms with Crippen molar-refractivity contribution in [2.45, 2.75) is 10.4 Å². The van der Waals surface area contributed by atoms with E-state index in [0.717, 1.165) is 5.56 Å². The van der Waals surface area contributed by atoms with Crippen LogP contribution in [0.25, 0.3) is 0 Å². The Bertz CT molecular complexity index is 821. The molecule has 0 aliphatic rings. The van der Waals surface area contributed by atoms with Gasteiger partial charge in [0.25, 0.3) is 5.69 Å². The summed E-state index contributed by atoms with van der Waals surface area (Å²) in [7, 11) is 0. The lowest BCUT2D eigenvalue weighted by molar-refractivity contribution is -0.384. The average molecular weight is 432 g/mol. The summed E-state index contributed by atoms with van der Waals surface area (Å²) in [5.74, 6) is -0.0805. The first-order valence-corrected chi connectivity index (χ1v) is 8.62. The molecule has 0 aliphatic carbocycles. The van der Waals surface area contributed by atoms with Crippen molar-refractivity contribution in [1.29, 1.82) is 0 Å². The quantitative estimate of drug-likeness (QED) is 0.217. The standard InChI is InChI=1S/C17H13Cl3N2O5/c18-17(19,20)11-27-16(23)21-15(26-10-12-4-2-1-3-5-12)13-6-8-14(9-7-13)22(24)25/h1-9H,10-11H2/b21-15+. The summed E-state index contributed by atoms with van der Waals surface area (Å²) >= 11 is 16.6. The molecule has 0 saturated heterocycles. The van der Waals surface area contributed by atoms with Gasteiger partial charge in [-0.3, -0.25) is 10.1 Å². The van der Waals surface area contributed by atoms with E-state index in [2.05, 4.69) is 4.99 Å². The number of amides is 1. The monoisotopic (exact) mass is 430 g/mol. The summed E-state index contributed by atoms with van der Waals surface area (Å²) in [6.45, 7) is -0.374. The Hall–Kier alpha value is -2.35. The molecular formula is C17H13Cl3N2O5. The SMILES string of the molecule is O=C(/N=C(/OCc1ccccc1)c1ccc([N+](=O)[O-])cc1)OCC(Cl)(Cl)Cl. The van der Waals surface area contributed by atoms with E-state index in [1.54, 1.807) is 0 Å². The summed E-state index contributed by atoms with van der Waals surface area (Å²) in [6.07, 6.45) is -1.03. The summed E-state index contributed by atoms with van der Waals surface area (Å²) in [5.41, 5.74) is 1.07. The van der Waals surface area contributed by atoms with Gasteiger partial charge in [0.2, 0.25) is 9.69 Å². The number of benzene rings is 2. The molecule has 2 aromatic carbocycles. The molecule has 7 nitrogen and oxygen atoms in total. The first-order chi connectivity index (χ1) is 12.7. The maximum Gasteiger partial charge on any atom is 0.437 e. The molecular weight excluding hydrogens is 419 g/mol. The molecule has 0 unspecified atom stereocenters. The molecule has 27 heavy (non-hydrogen) atoms. The second-order valence-electron chi connectivity index (χ2n) is 5.16. The van der Waals surface area contributed by atoms with E-state index in [0.29, 0.717) is 5.56 Å². The zero-order valence-corrected chi connectivity index (χ0v) is 15.9. The average Bonchev–Trinajstić information content (AvgIpc) is 2.64. The molecule has 0 heterocycles. The third-order valence-electron chi connectivity index (χ3n) is 3.10. The van der Waals surface area contributed by atoms with E-state index < -0.39 is 21.4 Å². The van der Waals surface area contributed by atoms with Crippen LogP contribution in [-0.4, -0.2) is 27.3 Å². The van der Waals surface area contributed by atoms with Crippen LogP contribution in [-0.2, 0) is 16.1 Å². The smallest absolute Gasteiger partial charge is 0.437 e. The summed E-state index contributed by atoms with van der Waals surface area (Å²) < 4.78 is 8.59. The van der Waals surface area contributed by atoms with Gasteiger partial charge in [-0.05, 0) is 17.7 Å². The van der Waals surface area contributed by atoms with Crippen LogP contribution in [0.4, 0.5) is 10.5 Å². The van der Waals surface area contributed by atoms with Gasteiger partial charge in [-0.25, -0.2) is 4.79 Å². The molecule has 2 aromatic rings. The van der Waals surface area contributed by atoms with Crippen molar-refractivity contribution in [2.24, 2.45) is 4.99 Å². The van der Waals surface area contributed by atoms with Crippen LogP contribution in [0.2, 0.25) is 0 Å². The molecule has 0 saturated carbocycles. The number of hydrogen-bond acceptors (Lipinski definition) is 5. The molecule has 142 valence electrons. The van der Waals surface area contributed by atoms with Gasteiger partial charge in [-0.15, -0.1) is 4.99 Å². The van der Waals surface area contributed by atoms with Crippen molar-refractivity contribution >= 4 is 52.5 Å². The minimum absolute atomic E-state index is 0.0805. The lowest BCUT2D eigenvalue weighted by Gasteiger charge is -2.11. The van der Waals surface area contributed by atoms with Crippen LogP contribution in [0.5, 0.6) is 0 Å². The van der Waals surface area contributed by atoms with Gasteiger partial charge in [0.05, 0.1) is 4.92 Å². The maximum atomic E-state index is 11.9. The molecule has 0 bridgehead atoms. The van der Waals surface area contributed by atoms with Gasteiger partial charge in [-0.1, -0.05) is 65.1 Å². The van der Waals surface area contributed by atoms with Gasteiger partial charge >= 0.3 is 6.09 Å². The van der Waals surface area contributed by atoms with Gasteiger partial charge in [-0.2, -0.15) is 0 Å². The molecule has 0 atom stereocenters. The van der Waals surface area contributed by atoms with E-state index in [4.69, 9.17) is 44.3 Å². The Labute approximate surface area is 169 Å². The van der Waals surface area contributed by atoms with Crippen molar-refractivity contribution in [1.82, 2.24) is 0 Å². The van der Waals surface area contributed by atoms with Crippen molar-refractivity contribution in [3.05, 3.63) is 75.8 Å². The topological polar surface area (TPSA) is 91.0 Å². The third-order valence-corrected chi connectivity index (χ3v) is 3.42. The summed E-state index contributed by atoms with van der Waals surface area (Å²) in [5, 5.41) is 10.8. The number of carbonyl (C=O) groups excluding carboxylic acids is 1. The van der Waals surface area contributed by atoms with E-state index in [1.807, 2.05) is 30.3 Å². The fraction of sp³-hybridized carbons (Fsp3) is 0.176. The predicted octanol–water partition coefficient (Wildman–Crippen LogP) is 5.07. The maximum absolute atomic E-state index is 11.9. The van der Waals surface area contributed by atoms with Gasteiger partial charge in [0.15, 0.2) is 0 Å². The second-order valence-corrected chi connectivity index (χ2v) is 7.68. The molecule has 0 aliphatic heterocycles. The minimum Gasteiger partial charge on any atom is -0.472 e. The fourth-order valence-corrected chi connectivity index (χ4v) is 2.05. The van der Waals surface area contributed by atoms with E-state index in [-0.39, 0.29) is 18.2 Å². The number of carbonyl (C=O) groups is 1.